The van der Waals surface area contributed by atoms with E-state index in [1.165, 1.54) is 0 Å². The van der Waals surface area contributed by atoms with Crippen LogP contribution in [0, 0.1) is 0 Å². The molecule has 0 saturated carbocycles. The molecule has 0 aliphatic heterocycles. The maximum absolute atomic E-state index is 9.10. The van der Waals surface area contributed by atoms with E-state index in [1.54, 1.807) is 0 Å². The number of hydrogen-bond acceptors (Lipinski definition) is 4. The summed E-state index contributed by atoms with van der Waals surface area (Å²) >= 11 is 0. The van der Waals surface area contributed by atoms with E-state index >= 15 is 0 Å². The van der Waals surface area contributed by atoms with Gasteiger partial charge >= 0.3 is 22.3 Å². The van der Waals surface area contributed by atoms with Crippen molar-refractivity contribution in [3.8, 4) is 0 Å². The van der Waals surface area contributed by atoms with Crippen LogP contribution >= 0.6 is 0 Å². The number of carboxylic acids is 2. The number of rotatable bonds is 0. The summed E-state index contributed by atoms with van der Waals surface area (Å²) in [5, 5.41) is 14.8. The number of hydrogen-bond donors (Lipinski definition) is 4. The first-order valence-electron chi connectivity index (χ1n) is 1.80. The Morgan fingerprint density at radius 1 is 0.923 bits per heavy atom. The van der Waals surface area contributed by atoms with Crippen LogP contribution in [-0.4, -0.2) is 57.0 Å². The minimum Gasteiger partial charge on any atom is -0.473 e. The molecule has 0 aromatic heterocycles. The third-order valence-electron chi connectivity index (χ3n) is 0.183. The van der Waals surface area contributed by atoms with Crippen molar-refractivity contribution >= 4 is 39.7 Å². The minimum absolute atomic E-state index is 0. The van der Waals surface area contributed by atoms with E-state index in [1.807, 2.05) is 0 Å². The van der Waals surface area contributed by atoms with Crippen molar-refractivity contribution in [2.24, 2.45) is 0 Å². The Morgan fingerprint density at radius 2 is 1.00 bits per heavy atom. The molecular weight excluding hydrogens is 300 g/mol. The van der Waals surface area contributed by atoms with Gasteiger partial charge in [-0.2, -0.15) is 8.42 Å². The van der Waals surface area contributed by atoms with Crippen LogP contribution in [0.5, 0.6) is 0 Å². The number of aliphatic carboxylic acids is 2. The molecule has 8 nitrogen and oxygen atoms in total. The Morgan fingerprint density at radius 3 is 1.00 bits per heavy atom. The van der Waals surface area contributed by atoms with Gasteiger partial charge in [-0.3, -0.25) is 9.11 Å². The third kappa shape index (κ3) is 68.7. The van der Waals surface area contributed by atoms with E-state index in [9.17, 15) is 0 Å². The van der Waals surface area contributed by atoms with Crippen LogP contribution in [0.4, 0.5) is 0 Å². The summed E-state index contributed by atoms with van der Waals surface area (Å²) in [5.74, 6) is -3.65. The topological polar surface area (TPSA) is 149 Å². The normalized spacial score (nSPS) is 7.85. The van der Waals surface area contributed by atoms with E-state index in [2.05, 4.69) is 0 Å². The zero-order valence-corrected chi connectivity index (χ0v) is 9.06. The Bertz CT molecular complexity index is 225. The molecule has 4 N–H and O–H groups in total. The molecule has 1 radical (unpaired) electrons. The first kappa shape index (κ1) is 23.3. The zero-order valence-electron chi connectivity index (χ0n) is 5.41. The summed E-state index contributed by atoms with van der Waals surface area (Å²) in [6.45, 7) is 0. The van der Waals surface area contributed by atoms with Gasteiger partial charge in [-0.1, -0.05) is 0 Å². The van der Waals surface area contributed by atoms with Crippen LogP contribution in [0.25, 0.3) is 0 Å². The fraction of sp³-hybridized carbons (Fsp3) is 0. The molecular formula is C2H7AlO8SY. The molecule has 0 unspecified atom stereocenters. The quantitative estimate of drug-likeness (QED) is 0.215. The summed E-state index contributed by atoms with van der Waals surface area (Å²) in [4.78, 5) is 18.2. The Kier molecular flexibility index (Phi) is 18.9. The standard InChI is InChI=1S/C2H2O4.Al.H2O4S.Y.3H/c3-1(4)2(5)6;;1-5(2,3)4;;;;/h(H,3,4)(H,5,6);;(H2,1,2,3,4);;;;. The Hall–Kier alpha value is 0.446. The SMILES string of the molecule is O=C(O)C(=O)O.O=S(=O)(O)O.[AlH3].[Y]. The second kappa shape index (κ2) is 10.5. The smallest absolute Gasteiger partial charge is 0.414 e. The van der Waals surface area contributed by atoms with E-state index in [0.717, 1.165) is 0 Å². The van der Waals surface area contributed by atoms with Gasteiger partial charge in [0.05, 0.1) is 0 Å². The van der Waals surface area contributed by atoms with Crippen LogP contribution in [0.2, 0.25) is 0 Å². The van der Waals surface area contributed by atoms with E-state index in [4.69, 9.17) is 37.3 Å². The fourth-order valence-electron chi connectivity index (χ4n) is 0. The van der Waals surface area contributed by atoms with Crippen molar-refractivity contribution in [2.45, 2.75) is 0 Å². The molecule has 0 heterocycles. The predicted molar refractivity (Wildman–Crippen MR) is 39.4 cm³/mol. The fourth-order valence-corrected chi connectivity index (χ4v) is 0. The van der Waals surface area contributed by atoms with Crippen molar-refractivity contribution < 1.29 is 70.0 Å². The first-order valence-corrected chi connectivity index (χ1v) is 3.20. The van der Waals surface area contributed by atoms with Crippen LogP contribution in [0.1, 0.15) is 0 Å². The molecule has 0 atom stereocenters. The summed E-state index contributed by atoms with van der Waals surface area (Å²) in [6.07, 6.45) is 0. The van der Waals surface area contributed by atoms with Gasteiger partial charge in [-0.15, -0.1) is 0 Å². The second-order valence-electron chi connectivity index (χ2n) is 1.06. The molecule has 0 saturated heterocycles. The average Bonchev–Trinajstić information content (AvgIpc) is 1.59. The van der Waals surface area contributed by atoms with Gasteiger partial charge in [-0.25, -0.2) is 9.59 Å². The Balaban J connectivity index is -0.0000000546. The van der Waals surface area contributed by atoms with Gasteiger partial charge in [0.25, 0.3) is 0 Å². The molecule has 13 heavy (non-hydrogen) atoms. The molecule has 75 valence electrons. The maximum Gasteiger partial charge on any atom is 0.414 e. The molecule has 0 aliphatic carbocycles. The summed E-state index contributed by atoms with van der Waals surface area (Å²) in [5.41, 5.74) is 0. The average molecular weight is 307 g/mol. The van der Waals surface area contributed by atoms with Crippen LogP contribution in [0.15, 0.2) is 0 Å². The van der Waals surface area contributed by atoms with Crippen molar-refractivity contribution in [1.29, 1.82) is 0 Å². The van der Waals surface area contributed by atoms with Crippen molar-refractivity contribution in [1.82, 2.24) is 0 Å². The van der Waals surface area contributed by atoms with Crippen molar-refractivity contribution in [3.05, 3.63) is 0 Å². The molecule has 0 amide bonds. The summed E-state index contributed by atoms with van der Waals surface area (Å²) < 4.78 is 31.6. The van der Waals surface area contributed by atoms with Gasteiger partial charge in [0.1, 0.15) is 0 Å². The number of carbonyl (C=O) groups is 2. The molecule has 0 rings (SSSR count). The van der Waals surface area contributed by atoms with Crippen LogP contribution < -0.4 is 0 Å². The van der Waals surface area contributed by atoms with E-state index in [-0.39, 0.29) is 50.1 Å². The molecule has 0 spiro atoms. The minimum atomic E-state index is -4.67. The van der Waals surface area contributed by atoms with Crippen molar-refractivity contribution in [2.75, 3.05) is 0 Å². The summed E-state index contributed by atoms with van der Waals surface area (Å²) in [6, 6.07) is 0. The third-order valence-corrected chi connectivity index (χ3v) is 0.183. The predicted octanol–water partition coefficient (Wildman–Crippen LogP) is -2.68. The molecule has 0 aromatic rings. The Labute approximate surface area is 109 Å². The molecule has 0 aromatic carbocycles. The van der Waals surface area contributed by atoms with Crippen LogP contribution in [-0.2, 0) is 52.7 Å². The van der Waals surface area contributed by atoms with Crippen molar-refractivity contribution in [3.63, 3.8) is 0 Å². The molecule has 0 aliphatic rings. The zero-order chi connectivity index (χ0) is 9.65. The van der Waals surface area contributed by atoms with Gasteiger partial charge < -0.3 is 10.2 Å². The van der Waals surface area contributed by atoms with Gasteiger partial charge in [0.2, 0.25) is 0 Å². The maximum atomic E-state index is 9.10. The first-order chi connectivity index (χ1) is 4.64. The van der Waals surface area contributed by atoms with E-state index in [0.29, 0.717) is 0 Å². The van der Waals surface area contributed by atoms with Crippen LogP contribution in [0.3, 0.4) is 0 Å². The molecule has 0 bridgehead atoms. The second-order valence-corrected chi connectivity index (χ2v) is 1.95. The monoisotopic (exact) mass is 307 g/mol. The number of carboxylic acid groups (broad SMARTS) is 2. The largest absolute Gasteiger partial charge is 0.473 e. The van der Waals surface area contributed by atoms with Gasteiger partial charge in [0.15, 0.2) is 17.4 Å². The van der Waals surface area contributed by atoms with Gasteiger partial charge in [-0.05, 0) is 0 Å². The van der Waals surface area contributed by atoms with E-state index < -0.39 is 22.3 Å². The van der Waals surface area contributed by atoms with Gasteiger partial charge in [0, 0.05) is 32.7 Å². The summed E-state index contributed by atoms with van der Waals surface area (Å²) in [7, 11) is -4.67. The molecule has 11 heteroatoms. The molecule has 0 fully saturated rings.